The molecule has 0 bridgehead atoms. The van der Waals surface area contributed by atoms with Crippen LogP contribution in [0.3, 0.4) is 0 Å². The summed E-state index contributed by atoms with van der Waals surface area (Å²) < 4.78 is 0.990. The van der Waals surface area contributed by atoms with Crippen molar-refractivity contribution in [3.05, 3.63) is 147 Å². The molecular formula is C31H19BrClN. The van der Waals surface area contributed by atoms with Crippen LogP contribution >= 0.6 is 27.5 Å². The zero-order chi connectivity index (χ0) is 22.9. The van der Waals surface area contributed by atoms with Crippen molar-refractivity contribution in [1.82, 2.24) is 0 Å². The van der Waals surface area contributed by atoms with Gasteiger partial charge < -0.3 is 4.90 Å². The minimum atomic E-state index is -0.461. The SMILES string of the molecule is Clc1cc(Br)cc2c1-c1ccccc1C21c2ccccc2N(c2ccccc2)c2ccccc21. The number of benzene rings is 5. The van der Waals surface area contributed by atoms with E-state index in [1.54, 1.807) is 0 Å². The van der Waals surface area contributed by atoms with Crippen LogP contribution in [0.25, 0.3) is 11.1 Å². The van der Waals surface area contributed by atoms with E-state index in [2.05, 4.69) is 130 Å². The first-order valence-electron chi connectivity index (χ1n) is 11.3. The zero-order valence-corrected chi connectivity index (χ0v) is 20.5. The van der Waals surface area contributed by atoms with Gasteiger partial charge in [-0.1, -0.05) is 106 Å². The van der Waals surface area contributed by atoms with E-state index in [1.807, 2.05) is 6.07 Å². The van der Waals surface area contributed by atoms with E-state index in [9.17, 15) is 0 Å². The highest BCUT2D eigenvalue weighted by atomic mass is 79.9. The molecule has 0 saturated carbocycles. The summed E-state index contributed by atoms with van der Waals surface area (Å²) in [5.41, 5.74) is 10.4. The minimum absolute atomic E-state index is 0.461. The average Bonchev–Trinajstić information content (AvgIpc) is 3.16. The number of hydrogen-bond donors (Lipinski definition) is 0. The summed E-state index contributed by atoms with van der Waals surface area (Å²) >= 11 is 10.7. The van der Waals surface area contributed by atoms with E-state index in [4.69, 9.17) is 11.6 Å². The quantitative estimate of drug-likeness (QED) is 0.208. The fourth-order valence-corrected chi connectivity index (χ4v) is 6.91. The Morgan fingerprint density at radius 1 is 0.588 bits per heavy atom. The van der Waals surface area contributed by atoms with Gasteiger partial charge in [0.15, 0.2) is 0 Å². The number of para-hydroxylation sites is 3. The summed E-state index contributed by atoms with van der Waals surface area (Å²) in [5, 5.41) is 0.772. The second-order valence-electron chi connectivity index (χ2n) is 8.81. The van der Waals surface area contributed by atoms with Gasteiger partial charge in [-0.3, -0.25) is 0 Å². The molecule has 5 aromatic rings. The Morgan fingerprint density at radius 2 is 1.15 bits per heavy atom. The second-order valence-corrected chi connectivity index (χ2v) is 10.1. The highest BCUT2D eigenvalue weighted by Crippen LogP contribution is 2.64. The lowest BCUT2D eigenvalue weighted by atomic mass is 9.64. The summed E-state index contributed by atoms with van der Waals surface area (Å²) in [4.78, 5) is 2.39. The number of nitrogens with zero attached hydrogens (tertiary/aromatic N) is 1. The third kappa shape index (κ3) is 2.50. The molecular weight excluding hydrogens is 502 g/mol. The number of hydrogen-bond acceptors (Lipinski definition) is 1. The van der Waals surface area contributed by atoms with E-state index < -0.39 is 5.41 Å². The molecule has 1 spiro atoms. The van der Waals surface area contributed by atoms with Crippen LogP contribution in [0.5, 0.6) is 0 Å². The van der Waals surface area contributed by atoms with Gasteiger partial charge in [0, 0.05) is 20.7 Å². The Labute approximate surface area is 212 Å². The highest BCUT2D eigenvalue weighted by molar-refractivity contribution is 9.10. The maximum absolute atomic E-state index is 6.94. The lowest BCUT2D eigenvalue weighted by Crippen LogP contribution is -2.36. The molecule has 0 N–H and O–H groups in total. The number of anilines is 3. The van der Waals surface area contributed by atoms with Crippen LogP contribution in [-0.2, 0) is 5.41 Å². The molecule has 0 atom stereocenters. The molecule has 0 amide bonds. The third-order valence-electron chi connectivity index (χ3n) is 7.17. The first-order valence-corrected chi connectivity index (χ1v) is 12.5. The first kappa shape index (κ1) is 20.1. The van der Waals surface area contributed by atoms with Crippen molar-refractivity contribution in [2.24, 2.45) is 0 Å². The fourth-order valence-electron chi connectivity index (χ4n) is 6.00. The van der Waals surface area contributed by atoms with Crippen molar-refractivity contribution in [3.63, 3.8) is 0 Å². The van der Waals surface area contributed by atoms with Gasteiger partial charge in [-0.15, -0.1) is 0 Å². The molecule has 0 unspecified atom stereocenters. The zero-order valence-electron chi connectivity index (χ0n) is 18.2. The van der Waals surface area contributed by atoms with Gasteiger partial charge in [-0.05, 0) is 64.2 Å². The summed E-state index contributed by atoms with van der Waals surface area (Å²) in [6, 6.07) is 41.2. The summed E-state index contributed by atoms with van der Waals surface area (Å²) in [7, 11) is 0. The van der Waals surface area contributed by atoms with Crippen LogP contribution in [0.2, 0.25) is 5.02 Å². The van der Waals surface area contributed by atoms with Gasteiger partial charge >= 0.3 is 0 Å². The van der Waals surface area contributed by atoms with Crippen molar-refractivity contribution >= 4 is 44.6 Å². The van der Waals surface area contributed by atoms with E-state index >= 15 is 0 Å². The summed E-state index contributed by atoms with van der Waals surface area (Å²) in [6.07, 6.45) is 0. The van der Waals surface area contributed by atoms with E-state index in [1.165, 1.54) is 39.2 Å². The molecule has 0 radical (unpaired) electrons. The van der Waals surface area contributed by atoms with Crippen LogP contribution in [0.15, 0.2) is 120 Å². The predicted molar refractivity (Wildman–Crippen MR) is 145 cm³/mol. The van der Waals surface area contributed by atoms with E-state index in [0.29, 0.717) is 0 Å². The number of halogens is 2. The number of fused-ring (bicyclic) bond motifs is 9. The molecule has 0 aromatic heterocycles. The second kappa shape index (κ2) is 7.33. The monoisotopic (exact) mass is 519 g/mol. The Bertz CT molecular complexity index is 1540. The van der Waals surface area contributed by atoms with Crippen LogP contribution in [-0.4, -0.2) is 0 Å². The molecule has 7 rings (SSSR count). The smallest absolute Gasteiger partial charge is 0.0755 e. The molecule has 2 aliphatic rings. The summed E-state index contributed by atoms with van der Waals surface area (Å²) in [5.74, 6) is 0. The number of rotatable bonds is 1. The average molecular weight is 521 g/mol. The van der Waals surface area contributed by atoms with E-state index in [0.717, 1.165) is 20.7 Å². The normalized spacial score (nSPS) is 14.4. The maximum Gasteiger partial charge on any atom is 0.0755 e. The molecule has 1 nitrogen and oxygen atoms in total. The van der Waals surface area contributed by atoms with Crippen LogP contribution in [0, 0.1) is 0 Å². The maximum atomic E-state index is 6.94. The Hall–Kier alpha value is -3.33. The van der Waals surface area contributed by atoms with Gasteiger partial charge in [0.25, 0.3) is 0 Å². The molecule has 1 aliphatic carbocycles. The van der Waals surface area contributed by atoms with Crippen molar-refractivity contribution in [1.29, 1.82) is 0 Å². The molecule has 3 heteroatoms. The molecule has 0 saturated heterocycles. The highest BCUT2D eigenvalue weighted by Gasteiger charge is 2.52. The van der Waals surface area contributed by atoms with Crippen LogP contribution in [0.4, 0.5) is 17.1 Å². The van der Waals surface area contributed by atoms with Crippen molar-refractivity contribution < 1.29 is 0 Å². The van der Waals surface area contributed by atoms with E-state index in [-0.39, 0.29) is 0 Å². The third-order valence-corrected chi connectivity index (χ3v) is 7.93. The molecule has 5 aromatic carbocycles. The van der Waals surface area contributed by atoms with Crippen LogP contribution < -0.4 is 4.90 Å². The van der Waals surface area contributed by atoms with Gasteiger partial charge in [0.1, 0.15) is 0 Å². The molecule has 1 heterocycles. The summed E-state index contributed by atoms with van der Waals surface area (Å²) in [6.45, 7) is 0. The van der Waals surface area contributed by atoms with Gasteiger partial charge in [-0.25, -0.2) is 0 Å². The van der Waals surface area contributed by atoms with Crippen molar-refractivity contribution in [2.75, 3.05) is 4.90 Å². The molecule has 0 fully saturated rings. The Morgan fingerprint density at radius 3 is 1.82 bits per heavy atom. The first-order chi connectivity index (χ1) is 16.7. The molecule has 34 heavy (non-hydrogen) atoms. The van der Waals surface area contributed by atoms with Gasteiger partial charge in [0.05, 0.1) is 16.8 Å². The fraction of sp³-hybridized carbons (Fsp3) is 0.0323. The van der Waals surface area contributed by atoms with Crippen molar-refractivity contribution in [2.45, 2.75) is 5.41 Å². The predicted octanol–water partition coefficient (Wildman–Crippen LogP) is 9.25. The standard InChI is InChI=1S/C31H19BrClN/c32-20-18-26-30(27(33)19-20)22-12-4-5-13-23(22)31(26)24-14-6-8-16-28(24)34(21-10-2-1-3-11-21)29-17-9-7-15-25(29)31/h1-19H. The topological polar surface area (TPSA) is 3.24 Å². The Kier molecular flexibility index (Phi) is 4.33. The lowest BCUT2D eigenvalue weighted by molar-refractivity contribution is 0.752. The molecule has 162 valence electrons. The minimum Gasteiger partial charge on any atom is -0.310 e. The Balaban J connectivity index is 1.69. The van der Waals surface area contributed by atoms with Gasteiger partial charge in [0.2, 0.25) is 0 Å². The molecule has 1 aliphatic heterocycles. The van der Waals surface area contributed by atoms with Crippen LogP contribution in [0.1, 0.15) is 22.3 Å². The van der Waals surface area contributed by atoms with Gasteiger partial charge in [-0.2, -0.15) is 0 Å². The van der Waals surface area contributed by atoms with Crippen molar-refractivity contribution in [3.8, 4) is 11.1 Å². The lowest BCUT2D eigenvalue weighted by Gasteiger charge is -2.45. The largest absolute Gasteiger partial charge is 0.310 e.